The summed E-state index contributed by atoms with van der Waals surface area (Å²) in [6.45, 7) is 1.84. The van der Waals surface area contributed by atoms with Gasteiger partial charge in [-0.25, -0.2) is 8.42 Å². The number of hydrogen-bond donors (Lipinski definition) is 1. The van der Waals surface area contributed by atoms with Crippen molar-refractivity contribution in [1.82, 2.24) is 5.32 Å². The third-order valence-electron chi connectivity index (χ3n) is 6.59. The summed E-state index contributed by atoms with van der Waals surface area (Å²) in [6, 6.07) is 21.3. The van der Waals surface area contributed by atoms with Gasteiger partial charge in [-0.15, -0.1) is 0 Å². The Kier molecular flexibility index (Phi) is 6.04. The van der Waals surface area contributed by atoms with Crippen LogP contribution in [0.2, 0.25) is 0 Å². The summed E-state index contributed by atoms with van der Waals surface area (Å²) >= 11 is 0. The molecule has 0 saturated carbocycles. The second-order valence-corrected chi connectivity index (χ2v) is 10.8. The Hall–Kier alpha value is -3.32. The number of rotatable bonds is 5. The van der Waals surface area contributed by atoms with Crippen molar-refractivity contribution >= 4 is 21.6 Å². The lowest BCUT2D eigenvalue weighted by atomic mass is 9.89. The molecule has 1 amide bonds. The van der Waals surface area contributed by atoms with Crippen molar-refractivity contribution in [2.24, 2.45) is 0 Å². The van der Waals surface area contributed by atoms with Crippen LogP contribution >= 0.6 is 0 Å². The predicted molar refractivity (Wildman–Crippen MR) is 131 cm³/mol. The molecule has 1 aliphatic carbocycles. The van der Waals surface area contributed by atoms with E-state index in [1.165, 1.54) is 28.3 Å². The fraction of sp³-hybridized carbons (Fsp3) is 0.296. The minimum atomic E-state index is -3.86. The van der Waals surface area contributed by atoms with Crippen molar-refractivity contribution in [2.75, 3.05) is 10.8 Å². The number of anilines is 1. The standard InChI is InChI=1S/C27H28N2O4S/c1-19(21-16-15-20-9-5-6-10-22(20)17-21)28-27(30)26-18-29(24-13-7-8-14-25(24)33-26)34(31,32)23-11-3-2-4-12-23/h2-4,7-8,11-17,19,26H,5-6,9-10,18H2,1H3,(H,28,30)/t19-,26-/m0/s1. The first-order chi connectivity index (χ1) is 16.4. The third kappa shape index (κ3) is 4.28. The molecule has 1 heterocycles. The molecule has 2 aliphatic rings. The first-order valence-corrected chi connectivity index (χ1v) is 13.1. The number of fused-ring (bicyclic) bond motifs is 2. The zero-order valence-corrected chi connectivity index (χ0v) is 19.9. The Labute approximate surface area is 200 Å². The Morgan fingerprint density at radius 3 is 2.47 bits per heavy atom. The van der Waals surface area contributed by atoms with Crippen LogP contribution < -0.4 is 14.4 Å². The van der Waals surface area contributed by atoms with E-state index in [2.05, 4.69) is 23.5 Å². The smallest absolute Gasteiger partial charge is 0.264 e. The molecule has 3 aromatic rings. The van der Waals surface area contributed by atoms with E-state index >= 15 is 0 Å². The molecule has 0 radical (unpaired) electrons. The summed E-state index contributed by atoms with van der Waals surface area (Å²) in [7, 11) is -3.86. The highest BCUT2D eigenvalue weighted by Crippen LogP contribution is 2.37. The van der Waals surface area contributed by atoms with Crippen molar-refractivity contribution in [3.8, 4) is 5.75 Å². The van der Waals surface area contributed by atoms with E-state index in [0.717, 1.165) is 18.4 Å². The van der Waals surface area contributed by atoms with Crippen molar-refractivity contribution < 1.29 is 17.9 Å². The van der Waals surface area contributed by atoms with Crippen LogP contribution in [0.15, 0.2) is 77.7 Å². The van der Waals surface area contributed by atoms with Gasteiger partial charge < -0.3 is 10.1 Å². The van der Waals surface area contributed by atoms with Crippen molar-refractivity contribution in [2.45, 2.75) is 49.6 Å². The maximum Gasteiger partial charge on any atom is 0.264 e. The van der Waals surface area contributed by atoms with Gasteiger partial charge in [0.2, 0.25) is 0 Å². The minimum Gasteiger partial charge on any atom is -0.476 e. The lowest BCUT2D eigenvalue weighted by Crippen LogP contribution is -2.51. The average Bonchev–Trinajstić information content (AvgIpc) is 2.88. The molecule has 0 aromatic heterocycles. The number of amides is 1. The van der Waals surface area contributed by atoms with Crippen LogP contribution in [0, 0.1) is 0 Å². The van der Waals surface area contributed by atoms with Crippen molar-refractivity contribution in [1.29, 1.82) is 0 Å². The van der Waals surface area contributed by atoms with Crippen LogP contribution in [-0.2, 0) is 27.7 Å². The number of carbonyl (C=O) groups is 1. The third-order valence-corrected chi connectivity index (χ3v) is 8.38. The Morgan fingerprint density at radius 2 is 1.68 bits per heavy atom. The molecule has 1 N–H and O–H groups in total. The SMILES string of the molecule is C[C@H](NC(=O)[C@@H]1CN(S(=O)(=O)c2ccccc2)c2ccccc2O1)c1ccc2c(c1)CCCC2. The van der Waals surface area contributed by atoms with E-state index in [1.807, 2.05) is 6.92 Å². The number of ether oxygens (including phenoxy) is 1. The van der Waals surface area contributed by atoms with Gasteiger partial charge in [0.1, 0.15) is 5.75 Å². The number of para-hydroxylation sites is 2. The molecule has 34 heavy (non-hydrogen) atoms. The maximum atomic E-state index is 13.4. The predicted octanol–water partition coefficient (Wildman–Crippen LogP) is 4.40. The van der Waals surface area contributed by atoms with Crippen LogP contribution in [0.1, 0.15) is 42.5 Å². The molecule has 5 rings (SSSR count). The highest BCUT2D eigenvalue weighted by atomic mass is 32.2. The van der Waals surface area contributed by atoms with Crippen molar-refractivity contribution in [3.05, 3.63) is 89.5 Å². The first kappa shape index (κ1) is 22.5. The van der Waals surface area contributed by atoms with Crippen LogP contribution in [-0.4, -0.2) is 27.0 Å². The summed E-state index contributed by atoms with van der Waals surface area (Å²) in [4.78, 5) is 13.4. The van der Waals surface area contributed by atoms with Crippen molar-refractivity contribution in [3.63, 3.8) is 0 Å². The minimum absolute atomic E-state index is 0.100. The van der Waals surface area contributed by atoms with E-state index in [0.29, 0.717) is 11.4 Å². The lowest BCUT2D eigenvalue weighted by Gasteiger charge is -2.35. The fourth-order valence-electron chi connectivity index (χ4n) is 4.70. The summed E-state index contributed by atoms with van der Waals surface area (Å²) in [5, 5.41) is 3.03. The van der Waals surface area contributed by atoms with Crippen LogP contribution in [0.25, 0.3) is 0 Å². The van der Waals surface area contributed by atoms with Crippen LogP contribution in [0.4, 0.5) is 5.69 Å². The fourth-order valence-corrected chi connectivity index (χ4v) is 6.20. The molecule has 7 heteroatoms. The van der Waals surface area contributed by atoms with Gasteiger partial charge in [0.05, 0.1) is 23.2 Å². The van der Waals surface area contributed by atoms with E-state index in [1.54, 1.807) is 54.6 Å². The zero-order chi connectivity index (χ0) is 23.7. The van der Waals surface area contributed by atoms with Gasteiger partial charge in [0, 0.05) is 0 Å². The quantitative estimate of drug-likeness (QED) is 0.592. The number of hydrogen-bond acceptors (Lipinski definition) is 4. The second kappa shape index (κ2) is 9.14. The van der Waals surface area contributed by atoms with Crippen LogP contribution in [0.5, 0.6) is 5.75 Å². The number of aryl methyl sites for hydroxylation is 2. The highest BCUT2D eigenvalue weighted by molar-refractivity contribution is 7.92. The molecule has 6 nitrogen and oxygen atoms in total. The molecule has 1 aliphatic heterocycles. The largest absolute Gasteiger partial charge is 0.476 e. The van der Waals surface area contributed by atoms with Crippen LogP contribution in [0.3, 0.4) is 0 Å². The Balaban J connectivity index is 1.38. The molecule has 2 atom stereocenters. The highest BCUT2D eigenvalue weighted by Gasteiger charge is 2.37. The van der Waals surface area contributed by atoms with Gasteiger partial charge in [-0.05, 0) is 73.6 Å². The number of carbonyl (C=O) groups excluding carboxylic acids is 1. The van der Waals surface area contributed by atoms with Gasteiger partial charge in [0.15, 0.2) is 6.10 Å². The molecule has 176 valence electrons. The summed E-state index contributed by atoms with van der Waals surface area (Å²) < 4.78 is 34.1. The maximum absolute atomic E-state index is 13.4. The molecule has 0 fully saturated rings. The molecule has 0 bridgehead atoms. The zero-order valence-electron chi connectivity index (χ0n) is 19.1. The van der Waals surface area contributed by atoms with Gasteiger partial charge in [0.25, 0.3) is 15.9 Å². The molecular formula is C27H28N2O4S. The van der Waals surface area contributed by atoms with Gasteiger partial charge in [-0.3, -0.25) is 9.10 Å². The molecule has 0 unspecified atom stereocenters. The van der Waals surface area contributed by atoms with E-state index < -0.39 is 16.1 Å². The number of nitrogens with zero attached hydrogens (tertiary/aromatic N) is 1. The van der Waals surface area contributed by atoms with Gasteiger partial charge in [-0.1, -0.05) is 48.5 Å². The Bertz CT molecular complexity index is 1310. The monoisotopic (exact) mass is 476 g/mol. The lowest BCUT2D eigenvalue weighted by molar-refractivity contribution is -0.128. The molecule has 0 spiro atoms. The molecule has 0 saturated heterocycles. The van der Waals surface area contributed by atoms with E-state index in [9.17, 15) is 13.2 Å². The summed E-state index contributed by atoms with van der Waals surface area (Å²) in [6.07, 6.45) is 3.63. The number of benzene rings is 3. The number of nitrogens with one attached hydrogen (secondary N) is 1. The second-order valence-electron chi connectivity index (χ2n) is 8.89. The summed E-state index contributed by atoms with van der Waals surface area (Å²) in [5.74, 6) is 0.0304. The molecule has 3 aromatic carbocycles. The van der Waals surface area contributed by atoms with Gasteiger partial charge >= 0.3 is 0 Å². The van der Waals surface area contributed by atoms with E-state index in [4.69, 9.17) is 4.74 Å². The first-order valence-electron chi connectivity index (χ1n) is 11.7. The normalized spacial score (nSPS) is 18.3. The average molecular weight is 477 g/mol. The molecular weight excluding hydrogens is 448 g/mol. The van der Waals surface area contributed by atoms with Gasteiger partial charge in [-0.2, -0.15) is 0 Å². The Morgan fingerprint density at radius 1 is 0.971 bits per heavy atom. The van der Waals surface area contributed by atoms with E-state index in [-0.39, 0.29) is 23.4 Å². The topological polar surface area (TPSA) is 75.7 Å². The number of sulfonamides is 1. The summed E-state index contributed by atoms with van der Waals surface area (Å²) in [5.41, 5.74) is 4.22.